The molecule has 1 aliphatic carbocycles. The largest absolute Gasteiger partial charge is 0.330 e. The van der Waals surface area contributed by atoms with Gasteiger partial charge in [0, 0.05) is 17.7 Å². The van der Waals surface area contributed by atoms with E-state index in [1.54, 1.807) is 24.3 Å². The molecule has 0 saturated carbocycles. The van der Waals surface area contributed by atoms with E-state index in [1.807, 2.05) is 0 Å². The first-order valence-electron chi connectivity index (χ1n) is 8.16. The molecule has 3 heterocycles. The first-order valence-corrected chi connectivity index (χ1v) is 8.16. The number of ketones is 3. The fourth-order valence-corrected chi connectivity index (χ4v) is 5.18. The lowest BCUT2D eigenvalue weighted by Crippen LogP contribution is -2.64. The average molecular weight is 325 g/mol. The highest BCUT2D eigenvalue weighted by atomic mass is 16.6. The summed E-state index contributed by atoms with van der Waals surface area (Å²) in [6.07, 6.45) is 1.18. The third-order valence-corrected chi connectivity index (χ3v) is 6.08. The minimum Gasteiger partial charge on any atom is -0.330 e. The highest BCUT2D eigenvalue weighted by molar-refractivity contribution is 6.24. The van der Waals surface area contributed by atoms with Gasteiger partial charge in [-0.15, -0.1) is 0 Å². The van der Waals surface area contributed by atoms with Crippen LogP contribution in [0.4, 0.5) is 0 Å². The zero-order valence-electron chi connectivity index (χ0n) is 13.1. The van der Waals surface area contributed by atoms with Crippen molar-refractivity contribution >= 4 is 23.3 Å². The minimum atomic E-state index is -1.83. The number of nitrogens with zero attached hydrogens (tertiary/aromatic N) is 1. The summed E-state index contributed by atoms with van der Waals surface area (Å²) in [5.41, 5.74) is -2.31. The van der Waals surface area contributed by atoms with Crippen molar-refractivity contribution < 1.29 is 23.9 Å². The summed E-state index contributed by atoms with van der Waals surface area (Å²) in [4.78, 5) is 53.2. The summed E-state index contributed by atoms with van der Waals surface area (Å²) in [6, 6.07) is 6.62. The predicted molar refractivity (Wildman–Crippen MR) is 80.3 cm³/mol. The van der Waals surface area contributed by atoms with Gasteiger partial charge in [0.2, 0.25) is 5.60 Å². The molecule has 1 spiro atoms. The molecule has 4 atom stereocenters. The summed E-state index contributed by atoms with van der Waals surface area (Å²) in [5.74, 6) is -3.30. The van der Waals surface area contributed by atoms with Crippen LogP contribution >= 0.6 is 0 Å². The van der Waals surface area contributed by atoms with Gasteiger partial charge in [-0.25, -0.2) is 0 Å². The van der Waals surface area contributed by atoms with E-state index in [4.69, 9.17) is 4.74 Å². The molecule has 3 aliphatic heterocycles. The van der Waals surface area contributed by atoms with Crippen LogP contribution in [0.3, 0.4) is 0 Å². The van der Waals surface area contributed by atoms with E-state index < -0.39 is 34.9 Å². The fraction of sp³-hybridized carbons (Fsp3) is 0.444. The lowest BCUT2D eigenvalue weighted by molar-refractivity contribution is -0.150. The molecule has 1 aromatic carbocycles. The molecule has 4 aliphatic rings. The van der Waals surface area contributed by atoms with Gasteiger partial charge in [0.05, 0.1) is 11.8 Å². The third-order valence-electron chi connectivity index (χ3n) is 6.08. The second kappa shape index (κ2) is 4.00. The van der Waals surface area contributed by atoms with E-state index in [0.717, 1.165) is 0 Å². The van der Waals surface area contributed by atoms with Gasteiger partial charge in [0.25, 0.3) is 5.91 Å². The summed E-state index contributed by atoms with van der Waals surface area (Å²) >= 11 is 0. The van der Waals surface area contributed by atoms with Crippen molar-refractivity contribution in [2.75, 3.05) is 6.54 Å². The van der Waals surface area contributed by atoms with E-state index in [0.29, 0.717) is 24.9 Å². The molecule has 0 radical (unpaired) electrons. The Morgan fingerprint density at radius 1 is 1.12 bits per heavy atom. The van der Waals surface area contributed by atoms with Crippen LogP contribution in [-0.4, -0.2) is 46.0 Å². The molecule has 24 heavy (non-hydrogen) atoms. The Morgan fingerprint density at radius 3 is 2.38 bits per heavy atom. The number of fused-ring (bicyclic) bond motifs is 4. The first kappa shape index (κ1) is 14.0. The van der Waals surface area contributed by atoms with Gasteiger partial charge in [-0.05, 0) is 19.8 Å². The second-order valence-corrected chi connectivity index (χ2v) is 7.03. The summed E-state index contributed by atoms with van der Waals surface area (Å²) < 4.78 is 6.05. The standard InChI is InChI=1S/C18H15NO5/c1-9(20)18-13-12(17(24-18)7-4-8-19(17)16(18)23)14(21)10-5-2-3-6-11(10)15(13)22/h2-3,5-6,12-13H,4,7-8H2,1H3. The maximum absolute atomic E-state index is 13.2. The van der Waals surface area contributed by atoms with Gasteiger partial charge in [0.15, 0.2) is 23.1 Å². The molecule has 3 saturated heterocycles. The number of hydrogen-bond donors (Lipinski definition) is 0. The Kier molecular flexibility index (Phi) is 2.34. The van der Waals surface area contributed by atoms with Gasteiger partial charge in [-0.3, -0.25) is 19.2 Å². The molecule has 5 rings (SSSR count). The van der Waals surface area contributed by atoms with Crippen LogP contribution < -0.4 is 0 Å². The van der Waals surface area contributed by atoms with E-state index in [2.05, 4.69) is 0 Å². The van der Waals surface area contributed by atoms with Gasteiger partial charge >= 0.3 is 0 Å². The van der Waals surface area contributed by atoms with Crippen molar-refractivity contribution in [3.63, 3.8) is 0 Å². The van der Waals surface area contributed by atoms with E-state index in [1.165, 1.54) is 11.8 Å². The number of ether oxygens (including phenoxy) is 1. The van der Waals surface area contributed by atoms with Gasteiger partial charge in [-0.1, -0.05) is 24.3 Å². The summed E-state index contributed by atoms with van der Waals surface area (Å²) in [5, 5.41) is 0. The van der Waals surface area contributed by atoms with Crippen molar-refractivity contribution in [1.29, 1.82) is 0 Å². The van der Waals surface area contributed by atoms with E-state index in [9.17, 15) is 19.2 Å². The zero-order chi connectivity index (χ0) is 16.9. The molecule has 3 fully saturated rings. The molecule has 0 aromatic heterocycles. The maximum Gasteiger partial charge on any atom is 0.265 e. The van der Waals surface area contributed by atoms with Gasteiger partial charge < -0.3 is 9.64 Å². The van der Waals surface area contributed by atoms with Crippen LogP contribution in [0.15, 0.2) is 24.3 Å². The Morgan fingerprint density at radius 2 is 1.75 bits per heavy atom. The average Bonchev–Trinajstić information content (AvgIpc) is 3.19. The Hall–Kier alpha value is -2.34. The Labute approximate surface area is 137 Å². The zero-order valence-corrected chi connectivity index (χ0v) is 13.1. The quantitative estimate of drug-likeness (QED) is 0.719. The molecular formula is C18H15NO5. The molecule has 0 N–H and O–H groups in total. The van der Waals surface area contributed by atoms with Crippen LogP contribution in [0.2, 0.25) is 0 Å². The van der Waals surface area contributed by atoms with Crippen molar-refractivity contribution in [3.8, 4) is 0 Å². The summed E-state index contributed by atoms with van der Waals surface area (Å²) in [7, 11) is 0. The topological polar surface area (TPSA) is 80.8 Å². The monoisotopic (exact) mass is 325 g/mol. The molecule has 1 aromatic rings. The SMILES string of the molecule is CC(=O)C12OC3(CCCN3C1=O)C1C(=O)c3ccccc3C(=O)C12. The molecule has 2 bridgehead atoms. The molecular weight excluding hydrogens is 310 g/mol. The van der Waals surface area contributed by atoms with Gasteiger partial charge in [-0.2, -0.15) is 0 Å². The van der Waals surface area contributed by atoms with Crippen molar-refractivity contribution in [2.45, 2.75) is 31.1 Å². The van der Waals surface area contributed by atoms with Crippen molar-refractivity contribution in [1.82, 2.24) is 4.90 Å². The maximum atomic E-state index is 13.2. The number of hydrogen-bond acceptors (Lipinski definition) is 5. The van der Waals surface area contributed by atoms with E-state index >= 15 is 0 Å². The molecule has 4 unspecified atom stereocenters. The number of rotatable bonds is 1. The normalized spacial score (nSPS) is 39.0. The smallest absolute Gasteiger partial charge is 0.265 e. The molecule has 6 heteroatoms. The number of carbonyl (C=O) groups excluding carboxylic acids is 4. The lowest BCUT2D eigenvalue weighted by atomic mass is 9.62. The molecule has 6 nitrogen and oxygen atoms in total. The summed E-state index contributed by atoms with van der Waals surface area (Å²) in [6.45, 7) is 1.73. The number of carbonyl (C=O) groups is 4. The highest BCUT2D eigenvalue weighted by Gasteiger charge is 2.82. The third kappa shape index (κ3) is 1.20. The van der Waals surface area contributed by atoms with Crippen molar-refractivity contribution in [3.05, 3.63) is 35.4 Å². The number of Topliss-reactive ketones (excluding diaryl/α,β-unsaturated/α-hetero) is 3. The molecule has 122 valence electrons. The first-order chi connectivity index (χ1) is 11.4. The fourth-order valence-electron chi connectivity index (χ4n) is 5.18. The van der Waals surface area contributed by atoms with Gasteiger partial charge in [0.1, 0.15) is 0 Å². The predicted octanol–water partition coefficient (Wildman–Crippen LogP) is 0.988. The minimum absolute atomic E-state index is 0.197. The van der Waals surface area contributed by atoms with Crippen LogP contribution in [0, 0.1) is 11.8 Å². The van der Waals surface area contributed by atoms with Crippen LogP contribution in [0.5, 0.6) is 0 Å². The van der Waals surface area contributed by atoms with Crippen LogP contribution in [-0.2, 0) is 14.3 Å². The number of piperidine rings is 1. The van der Waals surface area contributed by atoms with Crippen molar-refractivity contribution in [2.24, 2.45) is 11.8 Å². The van der Waals surface area contributed by atoms with Crippen LogP contribution in [0.1, 0.15) is 40.5 Å². The lowest BCUT2D eigenvalue weighted by Gasteiger charge is -2.42. The Balaban J connectivity index is 1.82. The Bertz CT molecular complexity index is 861. The highest BCUT2D eigenvalue weighted by Crippen LogP contribution is 2.62. The number of amides is 1. The molecule has 1 amide bonds. The van der Waals surface area contributed by atoms with E-state index in [-0.39, 0.29) is 17.1 Å². The number of benzene rings is 1. The van der Waals surface area contributed by atoms with Crippen LogP contribution in [0.25, 0.3) is 0 Å². The second-order valence-electron chi connectivity index (χ2n) is 7.03.